The van der Waals surface area contributed by atoms with E-state index in [1.165, 1.54) is 0 Å². The lowest BCUT2D eigenvalue weighted by molar-refractivity contribution is -0.129. The van der Waals surface area contributed by atoms with E-state index in [1.807, 2.05) is 43.0 Å². The number of nitrogens with zero attached hydrogens (tertiary/aromatic N) is 1. The third-order valence-corrected chi connectivity index (χ3v) is 5.23. The van der Waals surface area contributed by atoms with Gasteiger partial charge in [-0.1, -0.05) is 39.3 Å². The highest BCUT2D eigenvalue weighted by atomic mass is 16.5. The number of unbranched alkanes of at least 4 members (excludes halogenated alkanes) is 1. The predicted molar refractivity (Wildman–Crippen MR) is 111 cm³/mol. The van der Waals surface area contributed by atoms with Crippen molar-refractivity contribution in [1.82, 2.24) is 15.5 Å². The van der Waals surface area contributed by atoms with Crippen LogP contribution in [0.4, 0.5) is 0 Å². The number of benzene rings is 1. The second-order valence-corrected chi connectivity index (χ2v) is 7.71. The third kappa shape index (κ3) is 5.95. The zero-order valence-corrected chi connectivity index (χ0v) is 17.9. The van der Waals surface area contributed by atoms with Gasteiger partial charge in [-0.05, 0) is 24.1 Å². The zero-order chi connectivity index (χ0) is 21.4. The number of carbonyl (C=O) groups excluding carboxylic acids is 3. The molecule has 2 rings (SSSR count). The Morgan fingerprint density at radius 1 is 1.17 bits per heavy atom. The molecule has 0 aromatic heterocycles. The lowest BCUT2D eigenvalue weighted by Crippen LogP contribution is -2.40. The molecule has 2 N–H and O–H groups in total. The number of likely N-dealkylation sites (tertiary alicyclic amines) is 1. The molecule has 2 unspecified atom stereocenters. The predicted octanol–water partition coefficient (Wildman–Crippen LogP) is 2.27. The van der Waals surface area contributed by atoms with Crippen LogP contribution in [0, 0.1) is 11.8 Å². The number of carbonyl (C=O) groups is 3. The molecular formula is C22H33N3O4. The summed E-state index contributed by atoms with van der Waals surface area (Å²) >= 11 is 0. The summed E-state index contributed by atoms with van der Waals surface area (Å²) in [4.78, 5) is 39.0. The minimum atomic E-state index is -0.450. The van der Waals surface area contributed by atoms with Crippen LogP contribution in [0.3, 0.4) is 0 Å². The third-order valence-electron chi connectivity index (χ3n) is 5.23. The highest BCUT2D eigenvalue weighted by molar-refractivity contribution is 5.90. The van der Waals surface area contributed by atoms with Gasteiger partial charge in [-0.15, -0.1) is 0 Å². The van der Waals surface area contributed by atoms with E-state index in [9.17, 15) is 14.4 Å². The van der Waals surface area contributed by atoms with E-state index in [4.69, 9.17) is 4.74 Å². The van der Waals surface area contributed by atoms with Crippen molar-refractivity contribution in [3.8, 4) is 5.75 Å². The summed E-state index contributed by atoms with van der Waals surface area (Å²) < 4.78 is 5.23. The van der Waals surface area contributed by atoms with Crippen molar-refractivity contribution < 1.29 is 19.1 Å². The van der Waals surface area contributed by atoms with Crippen LogP contribution in [0.1, 0.15) is 51.6 Å². The first kappa shape index (κ1) is 22.7. The molecule has 0 spiro atoms. The average molecular weight is 404 g/mol. The molecule has 0 radical (unpaired) electrons. The molecule has 160 valence electrons. The Labute approximate surface area is 173 Å². The van der Waals surface area contributed by atoms with Gasteiger partial charge in [0.05, 0.1) is 19.1 Å². The Kier molecular flexibility index (Phi) is 8.49. The molecule has 1 heterocycles. The second kappa shape index (κ2) is 10.8. The number of hydrogen-bond donors (Lipinski definition) is 2. The summed E-state index contributed by atoms with van der Waals surface area (Å²) in [5.74, 6) is -0.00000532. The van der Waals surface area contributed by atoms with Crippen molar-refractivity contribution in [2.45, 2.75) is 46.1 Å². The molecular weight excluding hydrogens is 370 g/mol. The number of nitrogens with one attached hydrogen (secondary N) is 2. The fraction of sp³-hybridized carbons (Fsp3) is 0.591. The molecule has 29 heavy (non-hydrogen) atoms. The van der Waals surface area contributed by atoms with Gasteiger partial charge in [-0.25, -0.2) is 0 Å². The van der Waals surface area contributed by atoms with Gasteiger partial charge in [-0.3, -0.25) is 14.4 Å². The Hall–Kier alpha value is -2.57. The summed E-state index contributed by atoms with van der Waals surface area (Å²) in [6.45, 7) is 7.08. The highest BCUT2D eigenvalue weighted by Gasteiger charge is 2.43. The molecule has 1 aliphatic rings. The molecule has 0 bridgehead atoms. The van der Waals surface area contributed by atoms with Gasteiger partial charge < -0.3 is 20.3 Å². The molecule has 1 aromatic carbocycles. The van der Waals surface area contributed by atoms with Crippen molar-refractivity contribution in [1.29, 1.82) is 0 Å². The van der Waals surface area contributed by atoms with Crippen LogP contribution < -0.4 is 15.4 Å². The summed E-state index contributed by atoms with van der Waals surface area (Å²) in [6.07, 6.45) is 2.07. The van der Waals surface area contributed by atoms with E-state index in [1.54, 1.807) is 7.11 Å². The van der Waals surface area contributed by atoms with E-state index in [0.29, 0.717) is 19.6 Å². The first-order valence-electron chi connectivity index (χ1n) is 10.4. The lowest BCUT2D eigenvalue weighted by Gasteiger charge is -2.28. The SMILES string of the molecule is CCCCN1C(=O)CC(C(=O)NCCNC(=O)C(C)C)C1c1ccc(OC)cc1. The van der Waals surface area contributed by atoms with Gasteiger partial charge in [0.15, 0.2) is 0 Å². The smallest absolute Gasteiger partial charge is 0.226 e. The van der Waals surface area contributed by atoms with Gasteiger partial charge in [0.1, 0.15) is 5.75 Å². The molecule has 0 aliphatic carbocycles. The van der Waals surface area contributed by atoms with Crippen LogP contribution in [0.2, 0.25) is 0 Å². The Morgan fingerprint density at radius 3 is 2.41 bits per heavy atom. The fourth-order valence-electron chi connectivity index (χ4n) is 3.54. The van der Waals surface area contributed by atoms with Crippen LogP contribution in [-0.2, 0) is 14.4 Å². The molecule has 1 aromatic rings. The Bertz CT molecular complexity index is 703. The topological polar surface area (TPSA) is 87.7 Å². The first-order valence-corrected chi connectivity index (χ1v) is 10.4. The van der Waals surface area contributed by atoms with Gasteiger partial charge in [0, 0.05) is 32.0 Å². The summed E-state index contributed by atoms with van der Waals surface area (Å²) in [7, 11) is 1.61. The lowest BCUT2D eigenvalue weighted by atomic mass is 9.92. The molecule has 3 amide bonds. The summed E-state index contributed by atoms with van der Waals surface area (Å²) in [5.41, 5.74) is 0.931. The molecule has 1 aliphatic heterocycles. The molecule has 7 nitrogen and oxygen atoms in total. The standard InChI is InChI=1S/C22H33N3O4/c1-5-6-13-25-19(26)14-18(20(25)16-7-9-17(29-4)10-8-16)22(28)24-12-11-23-21(27)15(2)3/h7-10,15,18,20H,5-6,11-14H2,1-4H3,(H,23,27)(H,24,28). The maximum atomic E-state index is 12.9. The number of ether oxygens (including phenoxy) is 1. The van der Waals surface area contributed by atoms with Crippen LogP contribution >= 0.6 is 0 Å². The van der Waals surface area contributed by atoms with E-state index in [-0.39, 0.29) is 36.1 Å². The summed E-state index contributed by atoms with van der Waals surface area (Å²) in [5, 5.41) is 5.67. The minimum absolute atomic E-state index is 0.00697. The van der Waals surface area contributed by atoms with Crippen molar-refractivity contribution in [2.24, 2.45) is 11.8 Å². The zero-order valence-electron chi connectivity index (χ0n) is 17.9. The molecule has 1 saturated heterocycles. The van der Waals surface area contributed by atoms with Gasteiger partial charge in [-0.2, -0.15) is 0 Å². The van der Waals surface area contributed by atoms with E-state index in [2.05, 4.69) is 17.6 Å². The molecule has 7 heteroatoms. The summed E-state index contributed by atoms with van der Waals surface area (Å²) in [6, 6.07) is 7.26. The van der Waals surface area contributed by atoms with E-state index in [0.717, 1.165) is 24.2 Å². The Balaban J connectivity index is 2.09. The molecule has 0 saturated carbocycles. The van der Waals surface area contributed by atoms with Crippen molar-refractivity contribution >= 4 is 17.7 Å². The van der Waals surface area contributed by atoms with Crippen molar-refractivity contribution in [3.05, 3.63) is 29.8 Å². The number of amides is 3. The second-order valence-electron chi connectivity index (χ2n) is 7.71. The van der Waals surface area contributed by atoms with Gasteiger partial charge >= 0.3 is 0 Å². The van der Waals surface area contributed by atoms with Crippen molar-refractivity contribution in [3.63, 3.8) is 0 Å². The van der Waals surface area contributed by atoms with Crippen molar-refractivity contribution in [2.75, 3.05) is 26.7 Å². The first-order chi connectivity index (χ1) is 13.9. The van der Waals surface area contributed by atoms with Gasteiger partial charge in [0.2, 0.25) is 17.7 Å². The highest BCUT2D eigenvalue weighted by Crippen LogP contribution is 2.39. The van der Waals surface area contributed by atoms with Crippen LogP contribution in [0.15, 0.2) is 24.3 Å². The van der Waals surface area contributed by atoms with E-state index < -0.39 is 5.92 Å². The minimum Gasteiger partial charge on any atom is -0.497 e. The normalized spacial score (nSPS) is 18.8. The van der Waals surface area contributed by atoms with Crippen LogP contribution in [0.5, 0.6) is 5.75 Å². The maximum absolute atomic E-state index is 12.9. The Morgan fingerprint density at radius 2 is 1.83 bits per heavy atom. The largest absolute Gasteiger partial charge is 0.497 e. The molecule has 1 fully saturated rings. The number of methoxy groups -OCH3 is 1. The maximum Gasteiger partial charge on any atom is 0.226 e. The number of rotatable bonds is 10. The average Bonchev–Trinajstić information content (AvgIpc) is 3.05. The quantitative estimate of drug-likeness (QED) is 0.587. The monoisotopic (exact) mass is 403 g/mol. The van der Waals surface area contributed by atoms with E-state index >= 15 is 0 Å². The molecule has 2 atom stereocenters. The fourth-order valence-corrected chi connectivity index (χ4v) is 3.54. The van der Waals surface area contributed by atoms with Gasteiger partial charge in [0.25, 0.3) is 0 Å². The van der Waals surface area contributed by atoms with Crippen LogP contribution in [0.25, 0.3) is 0 Å². The van der Waals surface area contributed by atoms with Crippen LogP contribution in [-0.4, -0.2) is 49.4 Å². The number of hydrogen-bond acceptors (Lipinski definition) is 4.